The number of hydrogen-bond donors (Lipinski definition) is 1. The smallest absolute Gasteiger partial charge is 0.282 e. The molecule has 0 bridgehead atoms. The number of anilines is 2. The minimum atomic E-state index is -0.421. The molecule has 0 aromatic heterocycles. The number of nitrogens with zero attached hydrogens (tertiary/aromatic N) is 1. The van der Waals surface area contributed by atoms with Gasteiger partial charge < -0.3 is 14.8 Å². The van der Waals surface area contributed by atoms with Gasteiger partial charge in [0.05, 0.1) is 30.7 Å². The number of benzene rings is 3. The highest BCUT2D eigenvalue weighted by molar-refractivity contribution is 6.46. The van der Waals surface area contributed by atoms with E-state index in [1.165, 1.54) is 4.90 Å². The van der Waals surface area contributed by atoms with Gasteiger partial charge in [-0.05, 0) is 54.8 Å². The van der Waals surface area contributed by atoms with Crippen LogP contribution in [0.25, 0.3) is 5.57 Å². The summed E-state index contributed by atoms with van der Waals surface area (Å²) in [4.78, 5) is 28.4. The lowest BCUT2D eigenvalue weighted by Gasteiger charge is -2.16. The van der Waals surface area contributed by atoms with E-state index < -0.39 is 5.91 Å². The summed E-state index contributed by atoms with van der Waals surface area (Å²) < 4.78 is 11.2. The maximum atomic E-state index is 13.6. The van der Waals surface area contributed by atoms with Crippen molar-refractivity contribution in [3.63, 3.8) is 0 Å². The van der Waals surface area contributed by atoms with Crippen LogP contribution in [0.4, 0.5) is 11.4 Å². The lowest BCUT2D eigenvalue weighted by Crippen LogP contribution is -2.32. The van der Waals surface area contributed by atoms with Crippen molar-refractivity contribution in [2.75, 3.05) is 23.9 Å². The molecule has 2 amide bonds. The second-order valence-electron chi connectivity index (χ2n) is 8.59. The largest absolute Gasteiger partial charge is 0.495 e. The van der Waals surface area contributed by atoms with E-state index in [4.69, 9.17) is 9.47 Å². The van der Waals surface area contributed by atoms with Gasteiger partial charge in [-0.3, -0.25) is 9.59 Å². The molecule has 6 heteroatoms. The fraction of sp³-hybridized carbons (Fsp3) is 0.214. The molecule has 1 heterocycles. The zero-order valence-corrected chi connectivity index (χ0v) is 19.8. The van der Waals surface area contributed by atoms with Crippen molar-refractivity contribution in [2.24, 2.45) is 5.92 Å². The lowest BCUT2D eigenvalue weighted by molar-refractivity contribution is -0.120. The highest BCUT2D eigenvalue weighted by Crippen LogP contribution is 2.36. The summed E-state index contributed by atoms with van der Waals surface area (Å²) >= 11 is 0. The molecular weight excluding hydrogens is 428 g/mol. The molecule has 0 atom stereocenters. The summed E-state index contributed by atoms with van der Waals surface area (Å²) in [6, 6.07) is 21.8. The van der Waals surface area contributed by atoms with Gasteiger partial charge in [-0.25, -0.2) is 4.90 Å². The maximum Gasteiger partial charge on any atom is 0.282 e. The molecule has 0 spiro atoms. The van der Waals surface area contributed by atoms with E-state index in [9.17, 15) is 9.59 Å². The Bertz CT molecular complexity index is 1230. The molecule has 6 nitrogen and oxygen atoms in total. The number of rotatable bonds is 8. The molecule has 0 unspecified atom stereocenters. The van der Waals surface area contributed by atoms with Crippen molar-refractivity contribution in [3.05, 3.63) is 89.6 Å². The summed E-state index contributed by atoms with van der Waals surface area (Å²) in [7, 11) is 1.56. The number of ether oxygens (including phenoxy) is 2. The van der Waals surface area contributed by atoms with Crippen molar-refractivity contribution >= 4 is 28.8 Å². The van der Waals surface area contributed by atoms with Gasteiger partial charge in [0, 0.05) is 0 Å². The number of hydrogen-bond acceptors (Lipinski definition) is 5. The summed E-state index contributed by atoms with van der Waals surface area (Å²) in [6.45, 7) is 6.72. The van der Waals surface area contributed by atoms with Gasteiger partial charge in [0.25, 0.3) is 11.8 Å². The number of imide groups is 1. The molecule has 3 aromatic carbocycles. The van der Waals surface area contributed by atoms with Gasteiger partial charge in [0.1, 0.15) is 17.2 Å². The van der Waals surface area contributed by atoms with E-state index in [0.717, 1.165) is 5.56 Å². The first-order chi connectivity index (χ1) is 16.4. The first kappa shape index (κ1) is 23.1. The van der Waals surface area contributed by atoms with Crippen molar-refractivity contribution in [3.8, 4) is 11.5 Å². The van der Waals surface area contributed by atoms with Gasteiger partial charge in [-0.15, -0.1) is 0 Å². The molecule has 1 aliphatic rings. The zero-order valence-electron chi connectivity index (χ0n) is 19.8. The number of carbonyl (C=O) groups excluding carboxylic acids is 2. The Balaban J connectivity index is 1.76. The van der Waals surface area contributed by atoms with E-state index in [1.807, 2.05) is 43.3 Å². The third kappa shape index (κ3) is 4.66. The summed E-state index contributed by atoms with van der Waals surface area (Å²) in [5.74, 6) is 0.874. The van der Waals surface area contributed by atoms with Crippen LogP contribution in [-0.2, 0) is 9.59 Å². The third-order valence-electron chi connectivity index (χ3n) is 5.47. The van der Waals surface area contributed by atoms with Crippen LogP contribution < -0.4 is 19.7 Å². The number of para-hydroxylation sites is 2. The Morgan fingerprint density at radius 1 is 0.882 bits per heavy atom. The second kappa shape index (κ2) is 9.83. The predicted molar refractivity (Wildman–Crippen MR) is 134 cm³/mol. The summed E-state index contributed by atoms with van der Waals surface area (Å²) in [5.41, 5.74) is 3.29. The maximum absolute atomic E-state index is 13.6. The van der Waals surface area contributed by atoms with Crippen LogP contribution in [0.1, 0.15) is 25.0 Å². The summed E-state index contributed by atoms with van der Waals surface area (Å²) in [5, 5.41) is 3.17. The molecule has 174 valence electrons. The van der Waals surface area contributed by atoms with Gasteiger partial charge in [-0.2, -0.15) is 0 Å². The molecule has 4 rings (SSSR count). The van der Waals surface area contributed by atoms with Crippen LogP contribution in [0, 0.1) is 12.8 Å². The highest BCUT2D eigenvalue weighted by Gasteiger charge is 2.40. The van der Waals surface area contributed by atoms with Crippen LogP contribution in [0.3, 0.4) is 0 Å². The molecule has 3 aromatic rings. The number of methoxy groups -OCH3 is 1. The van der Waals surface area contributed by atoms with Crippen LogP contribution in [0.15, 0.2) is 78.5 Å². The minimum absolute atomic E-state index is 0.200. The molecule has 0 aliphatic carbocycles. The first-order valence-electron chi connectivity index (χ1n) is 11.2. The number of nitrogens with one attached hydrogen (secondary N) is 1. The molecular formula is C28H28N2O4. The molecule has 0 saturated heterocycles. The van der Waals surface area contributed by atoms with E-state index in [0.29, 0.717) is 46.5 Å². The average molecular weight is 457 g/mol. The second-order valence-corrected chi connectivity index (χ2v) is 8.59. The van der Waals surface area contributed by atoms with Crippen LogP contribution >= 0.6 is 0 Å². The third-order valence-corrected chi connectivity index (χ3v) is 5.47. The van der Waals surface area contributed by atoms with Gasteiger partial charge in [0.2, 0.25) is 0 Å². The van der Waals surface area contributed by atoms with Crippen molar-refractivity contribution in [1.29, 1.82) is 0 Å². The van der Waals surface area contributed by atoms with E-state index in [2.05, 4.69) is 19.2 Å². The Hall–Kier alpha value is -4.06. The molecule has 1 aliphatic heterocycles. The fourth-order valence-corrected chi connectivity index (χ4v) is 3.71. The Morgan fingerprint density at radius 3 is 2.21 bits per heavy atom. The Kier molecular flexibility index (Phi) is 6.68. The molecule has 0 saturated carbocycles. The monoisotopic (exact) mass is 456 g/mol. The number of carbonyl (C=O) groups is 2. The zero-order chi connectivity index (χ0) is 24.2. The van der Waals surface area contributed by atoms with Crippen LogP contribution in [0.5, 0.6) is 11.5 Å². The van der Waals surface area contributed by atoms with Crippen molar-refractivity contribution in [1.82, 2.24) is 0 Å². The normalized spacial score (nSPS) is 13.6. The SMILES string of the molecule is COc1ccccc1NC1=C(c2ccc(OCC(C)C)cc2)C(=O)N(c2ccc(C)cc2)C1=O. The lowest BCUT2D eigenvalue weighted by atomic mass is 10.0. The minimum Gasteiger partial charge on any atom is -0.495 e. The van der Waals surface area contributed by atoms with Gasteiger partial charge in [-0.1, -0.05) is 55.8 Å². The van der Waals surface area contributed by atoms with Crippen LogP contribution in [0.2, 0.25) is 0 Å². The molecule has 0 radical (unpaired) electrons. The Morgan fingerprint density at radius 2 is 1.56 bits per heavy atom. The van der Waals surface area contributed by atoms with Crippen molar-refractivity contribution in [2.45, 2.75) is 20.8 Å². The van der Waals surface area contributed by atoms with Gasteiger partial charge >= 0.3 is 0 Å². The highest BCUT2D eigenvalue weighted by atomic mass is 16.5. The van der Waals surface area contributed by atoms with Gasteiger partial charge in [0.15, 0.2) is 0 Å². The first-order valence-corrected chi connectivity index (χ1v) is 11.2. The topological polar surface area (TPSA) is 67.9 Å². The standard InChI is InChI=1S/C28H28N2O4/c1-18(2)17-34-22-15-11-20(12-16-22)25-26(29-23-7-5-6-8-24(23)33-4)28(32)30(27(25)31)21-13-9-19(3)10-14-21/h5-16,18,29H,17H2,1-4H3. The quantitative estimate of drug-likeness (QED) is 0.458. The van der Waals surface area contributed by atoms with Crippen molar-refractivity contribution < 1.29 is 19.1 Å². The predicted octanol–water partition coefficient (Wildman–Crippen LogP) is 5.44. The number of amides is 2. The van der Waals surface area contributed by atoms with Crippen LogP contribution in [-0.4, -0.2) is 25.5 Å². The molecule has 1 N–H and O–H groups in total. The molecule has 34 heavy (non-hydrogen) atoms. The van der Waals surface area contributed by atoms with E-state index in [1.54, 1.807) is 43.5 Å². The fourth-order valence-electron chi connectivity index (χ4n) is 3.71. The summed E-state index contributed by atoms with van der Waals surface area (Å²) in [6.07, 6.45) is 0. The van der Waals surface area contributed by atoms with E-state index >= 15 is 0 Å². The average Bonchev–Trinajstić information content (AvgIpc) is 3.08. The Labute approximate surface area is 199 Å². The molecule has 0 fully saturated rings. The number of aryl methyl sites for hydroxylation is 1. The van der Waals surface area contributed by atoms with E-state index in [-0.39, 0.29) is 11.6 Å².